The van der Waals surface area contributed by atoms with Crippen molar-refractivity contribution in [2.24, 2.45) is 10.8 Å². The number of nitrogens with two attached hydrogens (primary N) is 1. The average molecular weight is 373 g/mol. The largest absolute Gasteiger partial charge is 0.486 e. The molecule has 2 aromatic rings. The Kier molecular flexibility index (Phi) is 6.10. The third-order valence-electron chi connectivity index (χ3n) is 2.71. The Labute approximate surface area is 148 Å². The Bertz CT molecular complexity index is 710. The molecule has 0 atom stereocenters. The quantitative estimate of drug-likeness (QED) is 0.608. The number of hydrazone groups is 1. The molecular formula is C15H12Cl3N3O2. The normalized spacial score (nSPS) is 10.7. The number of halogens is 3. The Morgan fingerprint density at radius 2 is 1.78 bits per heavy atom. The number of ether oxygens (including phenoxy) is 1. The van der Waals surface area contributed by atoms with E-state index in [4.69, 9.17) is 45.3 Å². The summed E-state index contributed by atoms with van der Waals surface area (Å²) in [5.41, 5.74) is 8.50. The second-order valence-electron chi connectivity index (χ2n) is 4.46. The number of benzene rings is 2. The minimum Gasteiger partial charge on any atom is -0.486 e. The second kappa shape index (κ2) is 8.06. The van der Waals surface area contributed by atoms with Gasteiger partial charge in [0.2, 0.25) is 0 Å². The number of nitrogens with one attached hydrogen (secondary N) is 1. The van der Waals surface area contributed by atoms with E-state index < -0.39 is 6.03 Å². The summed E-state index contributed by atoms with van der Waals surface area (Å²) in [4.78, 5) is 10.5. The summed E-state index contributed by atoms with van der Waals surface area (Å²) in [7, 11) is 0. The molecule has 0 aromatic heterocycles. The van der Waals surface area contributed by atoms with Gasteiger partial charge in [-0.25, -0.2) is 10.2 Å². The van der Waals surface area contributed by atoms with Crippen molar-refractivity contribution in [2.75, 3.05) is 0 Å². The average Bonchev–Trinajstić information content (AvgIpc) is 2.48. The van der Waals surface area contributed by atoms with E-state index in [1.165, 1.54) is 6.21 Å². The molecule has 23 heavy (non-hydrogen) atoms. The molecule has 0 bridgehead atoms. The maximum absolute atomic E-state index is 10.5. The lowest BCUT2D eigenvalue weighted by Gasteiger charge is -2.11. The van der Waals surface area contributed by atoms with E-state index in [-0.39, 0.29) is 0 Å². The van der Waals surface area contributed by atoms with Crippen LogP contribution in [0.5, 0.6) is 5.75 Å². The van der Waals surface area contributed by atoms with Crippen LogP contribution in [0, 0.1) is 0 Å². The Balaban J connectivity index is 2.09. The molecule has 0 heterocycles. The lowest BCUT2D eigenvalue weighted by Crippen LogP contribution is -2.24. The number of primary amides is 1. The first kappa shape index (κ1) is 17.4. The molecule has 0 saturated carbocycles. The van der Waals surface area contributed by atoms with Gasteiger partial charge in [0.25, 0.3) is 0 Å². The van der Waals surface area contributed by atoms with Gasteiger partial charge in [-0.05, 0) is 35.4 Å². The van der Waals surface area contributed by atoms with E-state index in [2.05, 4.69) is 10.5 Å². The molecule has 2 rings (SSSR count). The summed E-state index contributed by atoms with van der Waals surface area (Å²) < 4.78 is 5.65. The Morgan fingerprint density at radius 3 is 2.35 bits per heavy atom. The van der Waals surface area contributed by atoms with Gasteiger partial charge in [0, 0.05) is 5.02 Å². The van der Waals surface area contributed by atoms with E-state index >= 15 is 0 Å². The van der Waals surface area contributed by atoms with Gasteiger partial charge in [-0.1, -0.05) is 46.9 Å². The lowest BCUT2D eigenvalue weighted by atomic mass is 10.2. The highest BCUT2D eigenvalue weighted by atomic mass is 35.5. The molecule has 0 unspecified atom stereocenters. The van der Waals surface area contributed by atoms with Crippen LogP contribution < -0.4 is 15.9 Å². The zero-order valence-corrected chi connectivity index (χ0v) is 14.0. The molecule has 0 spiro atoms. The summed E-state index contributed by atoms with van der Waals surface area (Å²) in [6.45, 7) is 0.299. The summed E-state index contributed by atoms with van der Waals surface area (Å²) in [5.74, 6) is 0.364. The number of carbonyl (C=O) groups is 1. The van der Waals surface area contributed by atoms with Crippen molar-refractivity contribution >= 4 is 47.0 Å². The zero-order valence-electron chi connectivity index (χ0n) is 11.7. The molecular weight excluding hydrogens is 361 g/mol. The first-order valence-corrected chi connectivity index (χ1v) is 7.54. The summed E-state index contributed by atoms with van der Waals surface area (Å²) in [6.07, 6.45) is 1.37. The van der Waals surface area contributed by atoms with Crippen LogP contribution in [0.1, 0.15) is 11.1 Å². The van der Waals surface area contributed by atoms with Crippen molar-refractivity contribution < 1.29 is 9.53 Å². The van der Waals surface area contributed by atoms with E-state index in [0.717, 1.165) is 5.56 Å². The van der Waals surface area contributed by atoms with Crippen molar-refractivity contribution in [2.45, 2.75) is 6.61 Å². The van der Waals surface area contributed by atoms with Crippen LogP contribution in [0.3, 0.4) is 0 Å². The number of amides is 2. The summed E-state index contributed by atoms with van der Waals surface area (Å²) >= 11 is 18.2. The van der Waals surface area contributed by atoms with E-state index in [1.54, 1.807) is 24.3 Å². The highest BCUT2D eigenvalue weighted by molar-refractivity contribution is 6.37. The monoisotopic (exact) mass is 371 g/mol. The van der Waals surface area contributed by atoms with Gasteiger partial charge in [0.15, 0.2) is 5.75 Å². The second-order valence-corrected chi connectivity index (χ2v) is 5.71. The molecule has 2 aromatic carbocycles. The van der Waals surface area contributed by atoms with E-state index in [1.807, 2.05) is 12.1 Å². The minimum absolute atomic E-state index is 0.299. The molecule has 120 valence electrons. The van der Waals surface area contributed by atoms with Gasteiger partial charge in [-0.15, -0.1) is 0 Å². The summed E-state index contributed by atoms with van der Waals surface area (Å²) in [6, 6.07) is 9.69. The topological polar surface area (TPSA) is 76.7 Å². The number of hydrogen-bond acceptors (Lipinski definition) is 3. The van der Waals surface area contributed by atoms with Gasteiger partial charge in [-0.3, -0.25) is 0 Å². The summed E-state index contributed by atoms with van der Waals surface area (Å²) in [5, 5.41) is 4.94. The molecule has 5 nitrogen and oxygen atoms in total. The standard InChI is InChI=1S/C15H12Cl3N3O2/c16-11-3-1-9(2-4-11)8-23-14-12(17)5-10(6-13(14)18)7-20-21-15(19)22/h1-7H,8H2,(H3,19,21,22)/b20-7-. The lowest BCUT2D eigenvalue weighted by molar-refractivity contribution is 0.249. The van der Waals surface area contributed by atoms with Crippen molar-refractivity contribution in [3.8, 4) is 5.75 Å². The third-order valence-corrected chi connectivity index (χ3v) is 3.52. The molecule has 0 aliphatic rings. The predicted octanol–water partition coefficient (Wildman–Crippen LogP) is 4.23. The number of nitrogens with zero attached hydrogens (tertiary/aromatic N) is 1. The van der Waals surface area contributed by atoms with E-state index in [0.29, 0.717) is 33.0 Å². The Hall–Kier alpha value is -1.95. The SMILES string of the molecule is NC(=O)N/N=C\c1cc(Cl)c(OCc2ccc(Cl)cc2)c(Cl)c1. The van der Waals surface area contributed by atoms with Gasteiger partial charge in [0.1, 0.15) is 6.61 Å². The maximum atomic E-state index is 10.5. The minimum atomic E-state index is -0.763. The zero-order chi connectivity index (χ0) is 16.8. The van der Waals surface area contributed by atoms with Crippen molar-refractivity contribution in [3.05, 3.63) is 62.6 Å². The highest BCUT2D eigenvalue weighted by Crippen LogP contribution is 2.34. The van der Waals surface area contributed by atoms with Gasteiger partial charge < -0.3 is 10.5 Å². The fourth-order valence-corrected chi connectivity index (χ4v) is 2.44. The molecule has 0 radical (unpaired) electrons. The van der Waals surface area contributed by atoms with Crippen molar-refractivity contribution in [3.63, 3.8) is 0 Å². The van der Waals surface area contributed by atoms with Crippen LogP contribution in [0.2, 0.25) is 15.1 Å². The number of carbonyl (C=O) groups excluding carboxylic acids is 1. The molecule has 3 N–H and O–H groups in total. The van der Waals surface area contributed by atoms with Crippen LogP contribution in [-0.2, 0) is 6.61 Å². The van der Waals surface area contributed by atoms with E-state index in [9.17, 15) is 4.79 Å². The van der Waals surface area contributed by atoms with Crippen LogP contribution in [-0.4, -0.2) is 12.2 Å². The molecule has 0 fully saturated rings. The molecule has 0 saturated heterocycles. The van der Waals surface area contributed by atoms with Gasteiger partial charge in [0.05, 0.1) is 16.3 Å². The van der Waals surface area contributed by atoms with Crippen molar-refractivity contribution in [1.29, 1.82) is 0 Å². The maximum Gasteiger partial charge on any atom is 0.332 e. The van der Waals surface area contributed by atoms with Gasteiger partial charge in [-0.2, -0.15) is 5.10 Å². The fourth-order valence-electron chi connectivity index (χ4n) is 1.70. The van der Waals surface area contributed by atoms with Crippen LogP contribution in [0.4, 0.5) is 4.79 Å². The molecule has 8 heteroatoms. The first-order valence-electron chi connectivity index (χ1n) is 6.40. The highest BCUT2D eigenvalue weighted by Gasteiger charge is 2.09. The number of hydrogen-bond donors (Lipinski definition) is 2. The molecule has 0 aliphatic carbocycles. The first-order chi connectivity index (χ1) is 11.0. The van der Waals surface area contributed by atoms with Crippen LogP contribution in [0.15, 0.2) is 41.5 Å². The number of rotatable bonds is 5. The predicted molar refractivity (Wildman–Crippen MR) is 92.6 cm³/mol. The van der Waals surface area contributed by atoms with Crippen LogP contribution in [0.25, 0.3) is 0 Å². The van der Waals surface area contributed by atoms with Crippen LogP contribution >= 0.6 is 34.8 Å². The smallest absolute Gasteiger partial charge is 0.332 e. The molecule has 0 aliphatic heterocycles. The molecule has 2 amide bonds. The van der Waals surface area contributed by atoms with Crippen molar-refractivity contribution in [1.82, 2.24) is 5.43 Å². The Morgan fingerprint density at radius 1 is 1.17 bits per heavy atom. The third kappa shape index (κ3) is 5.32. The number of urea groups is 1. The fraction of sp³-hybridized carbons (Fsp3) is 0.0667. The van der Waals surface area contributed by atoms with Gasteiger partial charge >= 0.3 is 6.03 Å².